The second kappa shape index (κ2) is 11.8. The van der Waals surface area contributed by atoms with Crippen molar-refractivity contribution in [3.8, 4) is 5.88 Å². The van der Waals surface area contributed by atoms with Gasteiger partial charge in [-0.05, 0) is 83.0 Å². The molecule has 0 aliphatic carbocycles. The number of esters is 1. The number of aromatic hydroxyl groups is 1. The van der Waals surface area contributed by atoms with E-state index in [9.17, 15) is 9.90 Å². The van der Waals surface area contributed by atoms with E-state index in [-0.39, 0.29) is 24.2 Å². The lowest BCUT2D eigenvalue weighted by atomic mass is 9.84. The van der Waals surface area contributed by atoms with Crippen LogP contribution in [0.2, 0.25) is 0 Å². The van der Waals surface area contributed by atoms with Gasteiger partial charge in [0.1, 0.15) is 5.52 Å². The lowest BCUT2D eigenvalue weighted by Gasteiger charge is -2.25. The Bertz CT molecular complexity index is 1760. The minimum Gasteiger partial charge on any atom is -0.493 e. The van der Waals surface area contributed by atoms with Gasteiger partial charge >= 0.3 is 5.97 Å². The monoisotopic (exact) mass is 583 g/mol. The van der Waals surface area contributed by atoms with Crippen LogP contribution in [0, 0.1) is 12.8 Å². The Morgan fingerprint density at radius 2 is 2.05 bits per heavy atom. The summed E-state index contributed by atoms with van der Waals surface area (Å²) in [5.74, 6) is 0.181. The van der Waals surface area contributed by atoms with E-state index in [0.29, 0.717) is 19.1 Å². The van der Waals surface area contributed by atoms with Gasteiger partial charge in [-0.15, -0.1) is 16.4 Å². The van der Waals surface area contributed by atoms with Crippen molar-refractivity contribution in [2.24, 2.45) is 13.0 Å². The number of aromatic nitrogens is 4. The van der Waals surface area contributed by atoms with Crippen LogP contribution in [0.1, 0.15) is 66.1 Å². The molecule has 0 spiro atoms. The van der Waals surface area contributed by atoms with Crippen molar-refractivity contribution in [2.45, 2.75) is 59.0 Å². The number of aryl methyl sites for hydroxylation is 2. The number of carbonyl (C=O) groups is 1. The molecule has 0 bridgehead atoms. The summed E-state index contributed by atoms with van der Waals surface area (Å²) in [6, 6.07) is 14.6. The number of hydrogen-bond acceptors (Lipinski definition) is 8. The van der Waals surface area contributed by atoms with Crippen molar-refractivity contribution in [1.82, 2.24) is 24.9 Å². The molecule has 8 nitrogen and oxygen atoms in total. The molecule has 0 amide bonds. The molecule has 2 atom stereocenters. The predicted molar refractivity (Wildman–Crippen MR) is 166 cm³/mol. The zero-order chi connectivity index (χ0) is 29.4. The Morgan fingerprint density at radius 1 is 1.19 bits per heavy atom. The van der Waals surface area contributed by atoms with Crippen LogP contribution >= 0.6 is 11.3 Å². The third-order valence-corrected chi connectivity index (χ3v) is 9.61. The van der Waals surface area contributed by atoms with Gasteiger partial charge in [0.05, 0.1) is 24.2 Å². The van der Waals surface area contributed by atoms with E-state index in [1.165, 1.54) is 21.2 Å². The summed E-state index contributed by atoms with van der Waals surface area (Å²) in [6.07, 6.45) is 2.29. The fourth-order valence-corrected chi connectivity index (χ4v) is 7.30. The van der Waals surface area contributed by atoms with E-state index >= 15 is 0 Å². The van der Waals surface area contributed by atoms with Crippen LogP contribution < -0.4 is 0 Å². The Labute approximate surface area is 249 Å². The number of thiophene rings is 1. The van der Waals surface area contributed by atoms with Crippen LogP contribution in [-0.2, 0) is 36.1 Å². The fraction of sp³-hybridized carbons (Fsp3) is 0.394. The van der Waals surface area contributed by atoms with E-state index in [0.717, 1.165) is 59.3 Å². The molecule has 1 aliphatic heterocycles. The molecule has 5 aromatic rings. The maximum atomic E-state index is 13.0. The van der Waals surface area contributed by atoms with E-state index < -0.39 is 0 Å². The lowest BCUT2D eigenvalue weighted by Crippen LogP contribution is -2.27. The molecule has 9 heteroatoms. The number of ether oxygens (including phenoxy) is 1. The molecule has 3 aromatic heterocycles. The normalized spacial score (nSPS) is 16.4. The second-order valence-corrected chi connectivity index (χ2v) is 12.3. The van der Waals surface area contributed by atoms with Crippen molar-refractivity contribution < 1.29 is 14.6 Å². The van der Waals surface area contributed by atoms with Crippen LogP contribution in [-0.4, -0.2) is 49.1 Å². The maximum Gasteiger partial charge on any atom is 0.306 e. The van der Waals surface area contributed by atoms with Crippen molar-refractivity contribution in [2.75, 3.05) is 13.2 Å². The van der Waals surface area contributed by atoms with Crippen molar-refractivity contribution in [1.29, 1.82) is 0 Å². The highest BCUT2D eigenvalue weighted by Gasteiger charge is 2.26. The van der Waals surface area contributed by atoms with Gasteiger partial charge in [0.25, 0.3) is 0 Å². The van der Waals surface area contributed by atoms with Gasteiger partial charge in [-0.25, -0.2) is 9.67 Å². The SMILES string of the molecule is CCOC(=O)C[C@H](c1cc(CN2Cc3nc(O)ccc3C[C@H](CC)C2)c2sccc2c1)c1ccc2c(nnn2C)c1C. The van der Waals surface area contributed by atoms with Crippen LogP contribution in [0.25, 0.3) is 21.1 Å². The Hall–Kier alpha value is -3.82. The van der Waals surface area contributed by atoms with E-state index in [2.05, 4.69) is 63.7 Å². The largest absolute Gasteiger partial charge is 0.493 e. The van der Waals surface area contributed by atoms with Gasteiger partial charge < -0.3 is 9.84 Å². The topological polar surface area (TPSA) is 93.4 Å². The van der Waals surface area contributed by atoms with Crippen molar-refractivity contribution in [3.63, 3.8) is 0 Å². The van der Waals surface area contributed by atoms with Crippen LogP contribution in [0.3, 0.4) is 0 Å². The summed E-state index contributed by atoms with van der Waals surface area (Å²) in [4.78, 5) is 19.9. The highest BCUT2D eigenvalue weighted by atomic mass is 32.1. The van der Waals surface area contributed by atoms with Gasteiger partial charge in [-0.1, -0.05) is 36.8 Å². The predicted octanol–water partition coefficient (Wildman–Crippen LogP) is 6.26. The molecular weight excluding hydrogens is 546 g/mol. The summed E-state index contributed by atoms with van der Waals surface area (Å²) < 4.78 is 8.49. The lowest BCUT2D eigenvalue weighted by molar-refractivity contribution is -0.143. The molecule has 1 aliphatic rings. The average Bonchev–Trinajstić information content (AvgIpc) is 3.56. The number of nitrogens with zero attached hydrogens (tertiary/aromatic N) is 5. The molecule has 0 radical (unpaired) electrons. The van der Waals surface area contributed by atoms with Crippen LogP contribution in [0.4, 0.5) is 0 Å². The van der Waals surface area contributed by atoms with Gasteiger partial charge in [0.15, 0.2) is 0 Å². The van der Waals surface area contributed by atoms with Crippen molar-refractivity contribution in [3.05, 3.63) is 81.4 Å². The molecular formula is C33H37N5O3S. The van der Waals surface area contributed by atoms with Gasteiger partial charge in [0, 0.05) is 43.4 Å². The number of benzene rings is 2. The number of rotatable bonds is 8. The first kappa shape index (κ1) is 28.3. The van der Waals surface area contributed by atoms with Crippen molar-refractivity contribution >= 4 is 38.4 Å². The first-order valence-electron chi connectivity index (χ1n) is 14.7. The highest BCUT2D eigenvalue weighted by molar-refractivity contribution is 7.17. The second-order valence-electron chi connectivity index (χ2n) is 11.4. The van der Waals surface area contributed by atoms with Gasteiger partial charge in [0.2, 0.25) is 5.88 Å². The Balaban J connectivity index is 1.42. The van der Waals surface area contributed by atoms with Crippen LogP contribution in [0.5, 0.6) is 5.88 Å². The fourth-order valence-electron chi connectivity index (χ4n) is 6.41. The average molecular weight is 584 g/mol. The summed E-state index contributed by atoms with van der Waals surface area (Å²) in [5, 5.41) is 22.1. The van der Waals surface area contributed by atoms with E-state index in [1.807, 2.05) is 26.1 Å². The molecule has 4 heterocycles. The van der Waals surface area contributed by atoms with Crippen LogP contribution in [0.15, 0.2) is 47.8 Å². The minimum atomic E-state index is -0.214. The quantitative estimate of drug-likeness (QED) is 0.216. The van der Waals surface area contributed by atoms with Gasteiger partial charge in [-0.2, -0.15) is 0 Å². The zero-order valence-corrected chi connectivity index (χ0v) is 25.4. The van der Waals surface area contributed by atoms with E-state index in [1.54, 1.807) is 22.1 Å². The third-order valence-electron chi connectivity index (χ3n) is 8.61. The molecule has 0 unspecified atom stereocenters. The Kier molecular flexibility index (Phi) is 7.96. The summed E-state index contributed by atoms with van der Waals surface area (Å²) in [5.41, 5.74) is 8.42. The first-order valence-corrected chi connectivity index (χ1v) is 15.6. The molecule has 2 aromatic carbocycles. The third kappa shape index (κ3) is 5.51. The van der Waals surface area contributed by atoms with Gasteiger partial charge in [-0.3, -0.25) is 9.69 Å². The standard InChI is InChI=1S/C33H37N5O3S/c1-5-21-13-22-7-10-30(39)34-28(22)19-38(17-21)18-25-15-24(14-23-11-12-42-33(23)25)27(16-31(40)41-6-2)26-8-9-29-32(20(26)3)35-36-37(29)4/h7-12,14-15,21,27H,5-6,13,16-19H2,1-4H3,(H,34,39)/t21-,27+/m0/s1. The molecule has 6 rings (SSSR count). The minimum absolute atomic E-state index is 0.0727. The van der Waals surface area contributed by atoms with E-state index in [4.69, 9.17) is 4.74 Å². The molecule has 0 fully saturated rings. The molecule has 218 valence electrons. The summed E-state index contributed by atoms with van der Waals surface area (Å²) >= 11 is 1.75. The number of hydrogen-bond donors (Lipinski definition) is 1. The highest BCUT2D eigenvalue weighted by Crippen LogP contribution is 2.38. The summed E-state index contributed by atoms with van der Waals surface area (Å²) in [7, 11) is 1.89. The summed E-state index contributed by atoms with van der Waals surface area (Å²) in [6.45, 7) is 8.91. The molecule has 42 heavy (non-hydrogen) atoms. The molecule has 0 saturated carbocycles. The number of fused-ring (bicyclic) bond motifs is 3. The molecule has 1 N–H and O–H groups in total. The zero-order valence-electron chi connectivity index (χ0n) is 24.6. The Morgan fingerprint density at radius 3 is 2.86 bits per heavy atom. The maximum absolute atomic E-state index is 13.0. The first-order chi connectivity index (χ1) is 20.3. The molecule has 0 saturated heterocycles. The number of pyridine rings is 1. The smallest absolute Gasteiger partial charge is 0.306 e. The number of carbonyl (C=O) groups excluding carboxylic acids is 1.